The number of halogens is 1. The van der Waals surface area contributed by atoms with Crippen molar-refractivity contribution < 1.29 is 19.3 Å². The van der Waals surface area contributed by atoms with Crippen LogP contribution in [0.5, 0.6) is 0 Å². The van der Waals surface area contributed by atoms with Crippen molar-refractivity contribution in [2.45, 2.75) is 43.6 Å². The minimum absolute atomic E-state index is 0.0452. The van der Waals surface area contributed by atoms with Gasteiger partial charge in [0.15, 0.2) is 17.0 Å². The fraction of sp³-hybridized carbons (Fsp3) is 0.643. The number of imidazole rings is 1. The highest BCUT2D eigenvalue weighted by atomic mass is 19.1. The zero-order chi connectivity index (χ0) is 16.2. The Labute approximate surface area is 131 Å². The van der Waals surface area contributed by atoms with Crippen molar-refractivity contribution in [1.29, 1.82) is 0 Å². The molecule has 0 unspecified atom stereocenters. The molecule has 124 valence electrons. The molecule has 23 heavy (non-hydrogen) atoms. The molecule has 4 rings (SSSR count). The van der Waals surface area contributed by atoms with E-state index in [0.29, 0.717) is 12.3 Å². The van der Waals surface area contributed by atoms with Crippen LogP contribution in [0.2, 0.25) is 0 Å². The number of hydrogen-bond acceptors (Lipinski definition) is 7. The summed E-state index contributed by atoms with van der Waals surface area (Å²) in [5, 5.41) is 20.2. The first-order valence-corrected chi connectivity index (χ1v) is 7.65. The molecule has 1 saturated carbocycles. The third-order valence-electron chi connectivity index (χ3n) is 4.73. The van der Waals surface area contributed by atoms with Gasteiger partial charge in [-0.25, -0.2) is 4.98 Å². The molecule has 2 aliphatic rings. The monoisotopic (exact) mass is 323 g/mol. The van der Waals surface area contributed by atoms with Crippen LogP contribution in [0.3, 0.4) is 0 Å². The number of aliphatic hydroxyl groups is 2. The van der Waals surface area contributed by atoms with Crippen LogP contribution in [0.4, 0.5) is 10.2 Å². The van der Waals surface area contributed by atoms with Crippen molar-refractivity contribution in [2.75, 3.05) is 12.3 Å². The van der Waals surface area contributed by atoms with E-state index in [1.165, 1.54) is 10.9 Å². The summed E-state index contributed by atoms with van der Waals surface area (Å²) in [6, 6.07) is 0. The van der Waals surface area contributed by atoms with Gasteiger partial charge in [0.25, 0.3) is 0 Å². The maximum absolute atomic E-state index is 13.4. The van der Waals surface area contributed by atoms with Gasteiger partial charge >= 0.3 is 6.08 Å². The molecule has 3 atom stereocenters. The van der Waals surface area contributed by atoms with E-state index in [0.717, 1.165) is 12.8 Å². The second kappa shape index (κ2) is 5.08. The van der Waals surface area contributed by atoms with E-state index in [-0.39, 0.29) is 30.0 Å². The predicted molar refractivity (Wildman–Crippen MR) is 77.6 cm³/mol. The minimum atomic E-state index is -0.987. The lowest BCUT2D eigenvalue weighted by Crippen LogP contribution is -2.43. The molecular formula is C14H18FN5O3. The Balaban J connectivity index is 1.69. The van der Waals surface area contributed by atoms with Crippen LogP contribution < -0.4 is 5.73 Å². The van der Waals surface area contributed by atoms with E-state index < -0.39 is 24.0 Å². The van der Waals surface area contributed by atoms with Crippen LogP contribution >= 0.6 is 0 Å². The van der Waals surface area contributed by atoms with Crippen LogP contribution in [-0.4, -0.2) is 48.0 Å². The molecule has 0 amide bonds. The zero-order valence-corrected chi connectivity index (χ0v) is 12.4. The van der Waals surface area contributed by atoms with Crippen LogP contribution in [0.25, 0.3) is 11.2 Å². The minimum Gasteiger partial charge on any atom is -0.393 e. The number of nitrogen functional groups attached to an aromatic ring is 1. The smallest absolute Gasteiger partial charge is 0.312 e. The Kier molecular flexibility index (Phi) is 3.26. The SMILES string of the molecule is Nc1nc(F)nc2c1ncn2[C@H]1C[C@H](O)[C@](CO)(CC2CC2)O1. The van der Waals surface area contributed by atoms with Crippen molar-refractivity contribution in [1.82, 2.24) is 19.5 Å². The molecular weight excluding hydrogens is 305 g/mol. The highest BCUT2D eigenvalue weighted by Crippen LogP contribution is 2.46. The molecule has 0 bridgehead atoms. The maximum atomic E-state index is 13.4. The number of rotatable bonds is 4. The lowest BCUT2D eigenvalue weighted by Gasteiger charge is -2.30. The molecule has 2 fully saturated rings. The molecule has 4 N–H and O–H groups in total. The summed E-state index contributed by atoms with van der Waals surface area (Å²) < 4.78 is 21.0. The van der Waals surface area contributed by atoms with Gasteiger partial charge < -0.3 is 20.7 Å². The fourth-order valence-corrected chi connectivity index (χ4v) is 3.30. The molecule has 2 aromatic rings. The van der Waals surface area contributed by atoms with E-state index in [4.69, 9.17) is 10.5 Å². The van der Waals surface area contributed by atoms with Gasteiger partial charge in [-0.15, -0.1) is 0 Å². The number of nitrogens with zero attached hydrogens (tertiary/aromatic N) is 4. The molecule has 9 heteroatoms. The molecule has 8 nitrogen and oxygen atoms in total. The first-order valence-electron chi connectivity index (χ1n) is 7.65. The summed E-state index contributed by atoms with van der Waals surface area (Å²) in [7, 11) is 0. The number of anilines is 1. The highest BCUT2D eigenvalue weighted by molar-refractivity contribution is 5.81. The second-order valence-electron chi connectivity index (χ2n) is 6.40. The Morgan fingerprint density at radius 1 is 1.43 bits per heavy atom. The van der Waals surface area contributed by atoms with E-state index >= 15 is 0 Å². The molecule has 1 saturated heterocycles. The number of aliphatic hydroxyl groups excluding tert-OH is 2. The number of nitrogens with two attached hydrogens (primary N) is 1. The number of ether oxygens (including phenoxy) is 1. The fourth-order valence-electron chi connectivity index (χ4n) is 3.30. The highest BCUT2D eigenvalue weighted by Gasteiger charge is 2.51. The normalized spacial score (nSPS) is 31.1. The van der Waals surface area contributed by atoms with Crippen LogP contribution in [0, 0.1) is 12.0 Å². The summed E-state index contributed by atoms with van der Waals surface area (Å²) in [6.45, 7) is -0.265. The number of hydrogen-bond donors (Lipinski definition) is 3. The molecule has 0 radical (unpaired) electrons. The van der Waals surface area contributed by atoms with Crippen molar-refractivity contribution in [3.05, 3.63) is 12.4 Å². The lowest BCUT2D eigenvalue weighted by atomic mass is 9.91. The van der Waals surface area contributed by atoms with Crippen LogP contribution in [-0.2, 0) is 4.74 Å². The topological polar surface area (TPSA) is 119 Å². The van der Waals surface area contributed by atoms with Gasteiger partial charge in [-0.05, 0) is 12.3 Å². The van der Waals surface area contributed by atoms with Crippen molar-refractivity contribution in [3.63, 3.8) is 0 Å². The maximum Gasteiger partial charge on any atom is 0.312 e. The number of aromatic nitrogens is 4. The third kappa shape index (κ3) is 2.35. The molecule has 0 spiro atoms. The third-order valence-corrected chi connectivity index (χ3v) is 4.73. The largest absolute Gasteiger partial charge is 0.393 e. The Morgan fingerprint density at radius 3 is 2.91 bits per heavy atom. The van der Waals surface area contributed by atoms with Gasteiger partial charge in [0.05, 0.1) is 19.0 Å². The van der Waals surface area contributed by atoms with Gasteiger partial charge in [0.1, 0.15) is 11.8 Å². The summed E-state index contributed by atoms with van der Waals surface area (Å²) in [5.41, 5.74) is 5.17. The van der Waals surface area contributed by atoms with E-state index in [2.05, 4.69) is 15.0 Å². The van der Waals surface area contributed by atoms with Gasteiger partial charge in [-0.2, -0.15) is 14.4 Å². The lowest BCUT2D eigenvalue weighted by molar-refractivity contribution is -0.133. The molecule has 2 aromatic heterocycles. The zero-order valence-electron chi connectivity index (χ0n) is 12.4. The summed E-state index contributed by atoms with van der Waals surface area (Å²) in [6.07, 6.45) is 2.16. The summed E-state index contributed by atoms with van der Waals surface area (Å²) in [5.74, 6) is 0.432. The van der Waals surface area contributed by atoms with Crippen molar-refractivity contribution in [3.8, 4) is 0 Å². The first-order chi connectivity index (χ1) is 11.0. The average molecular weight is 323 g/mol. The van der Waals surface area contributed by atoms with E-state index in [1.54, 1.807) is 0 Å². The van der Waals surface area contributed by atoms with E-state index in [9.17, 15) is 14.6 Å². The van der Waals surface area contributed by atoms with Gasteiger partial charge in [-0.1, -0.05) is 12.8 Å². The molecule has 1 aliphatic carbocycles. The van der Waals surface area contributed by atoms with Gasteiger partial charge in [0.2, 0.25) is 0 Å². The quantitative estimate of drug-likeness (QED) is 0.695. The van der Waals surface area contributed by atoms with Crippen LogP contribution in [0.1, 0.15) is 31.9 Å². The summed E-state index contributed by atoms with van der Waals surface area (Å²) >= 11 is 0. The van der Waals surface area contributed by atoms with E-state index in [1.807, 2.05) is 0 Å². The first kappa shape index (κ1) is 14.7. The average Bonchev–Trinajstić information content (AvgIpc) is 3.11. The predicted octanol–water partition coefficient (Wildman–Crippen LogP) is 0.359. The Morgan fingerprint density at radius 2 is 2.22 bits per heavy atom. The van der Waals surface area contributed by atoms with Gasteiger partial charge in [0, 0.05) is 6.42 Å². The van der Waals surface area contributed by atoms with Crippen molar-refractivity contribution >= 4 is 17.0 Å². The molecule has 1 aliphatic heterocycles. The Hall–Kier alpha value is -1.84. The molecule has 3 heterocycles. The standard InChI is InChI=1S/C14H18FN5O3/c15-13-18-11(16)10-12(19-13)20(6-17-10)9-3-8(22)14(5-21,23-9)4-7-1-2-7/h6-9,21-22H,1-5H2,(H2,16,18,19)/t8-,9+,14+/m0/s1. The Bertz CT molecular complexity index is 749. The number of fused-ring (bicyclic) bond motifs is 1. The second-order valence-corrected chi connectivity index (χ2v) is 6.40. The summed E-state index contributed by atoms with van der Waals surface area (Å²) in [4.78, 5) is 11.3. The van der Waals surface area contributed by atoms with Crippen LogP contribution in [0.15, 0.2) is 6.33 Å². The van der Waals surface area contributed by atoms with Crippen molar-refractivity contribution in [2.24, 2.45) is 5.92 Å². The molecule has 0 aromatic carbocycles. The van der Waals surface area contributed by atoms with Gasteiger partial charge in [-0.3, -0.25) is 4.57 Å².